The Kier molecular flexibility index (Phi) is 4.15. The summed E-state index contributed by atoms with van der Waals surface area (Å²) < 4.78 is 4.99. The molecule has 20 heavy (non-hydrogen) atoms. The van der Waals surface area contributed by atoms with Gasteiger partial charge in [-0.1, -0.05) is 23.2 Å². The van der Waals surface area contributed by atoms with E-state index in [9.17, 15) is 14.4 Å². The second-order valence-corrected chi connectivity index (χ2v) is 4.71. The summed E-state index contributed by atoms with van der Waals surface area (Å²) in [4.78, 5) is 39.6. The van der Waals surface area contributed by atoms with Crippen LogP contribution < -0.4 is 4.74 Å². The first-order valence-electron chi connectivity index (χ1n) is 5.55. The molecule has 1 fully saturated rings. The summed E-state index contributed by atoms with van der Waals surface area (Å²) in [7, 11) is 1.31. The van der Waals surface area contributed by atoms with Gasteiger partial charge < -0.3 is 9.57 Å². The van der Waals surface area contributed by atoms with Gasteiger partial charge in [-0.15, -0.1) is 5.06 Å². The number of halogens is 2. The van der Waals surface area contributed by atoms with E-state index in [4.69, 9.17) is 32.8 Å². The van der Waals surface area contributed by atoms with E-state index in [0.29, 0.717) is 5.06 Å². The largest absolute Gasteiger partial charge is 0.494 e. The zero-order valence-corrected chi connectivity index (χ0v) is 11.8. The lowest BCUT2D eigenvalue weighted by atomic mass is 10.2. The van der Waals surface area contributed by atoms with Gasteiger partial charge in [-0.3, -0.25) is 9.59 Å². The predicted molar refractivity (Wildman–Crippen MR) is 69.5 cm³/mol. The van der Waals surface area contributed by atoms with Crippen molar-refractivity contribution >= 4 is 41.0 Å². The highest BCUT2D eigenvalue weighted by Crippen LogP contribution is 2.34. The Hall–Kier alpha value is -1.79. The van der Waals surface area contributed by atoms with Crippen LogP contribution in [0.15, 0.2) is 12.1 Å². The Balaban J connectivity index is 2.32. The summed E-state index contributed by atoms with van der Waals surface area (Å²) in [6.45, 7) is 0. The summed E-state index contributed by atoms with van der Waals surface area (Å²) in [6, 6.07) is 2.84. The van der Waals surface area contributed by atoms with Gasteiger partial charge in [-0.2, -0.15) is 0 Å². The molecule has 1 aromatic carbocycles. The Labute approximate surface area is 124 Å². The van der Waals surface area contributed by atoms with Gasteiger partial charge in [0.05, 0.1) is 17.2 Å². The van der Waals surface area contributed by atoms with Crippen LogP contribution in [0.3, 0.4) is 0 Å². The predicted octanol–water partition coefficient (Wildman–Crippen LogP) is 2.22. The molecule has 6 nitrogen and oxygen atoms in total. The number of methoxy groups -OCH3 is 1. The number of benzene rings is 1. The van der Waals surface area contributed by atoms with Crippen LogP contribution in [0.4, 0.5) is 0 Å². The fourth-order valence-electron chi connectivity index (χ4n) is 1.71. The van der Waals surface area contributed by atoms with Gasteiger partial charge in [0.1, 0.15) is 5.56 Å². The van der Waals surface area contributed by atoms with E-state index < -0.39 is 17.8 Å². The number of amides is 2. The zero-order chi connectivity index (χ0) is 14.9. The van der Waals surface area contributed by atoms with E-state index in [2.05, 4.69) is 0 Å². The van der Waals surface area contributed by atoms with Crippen molar-refractivity contribution in [1.29, 1.82) is 0 Å². The zero-order valence-electron chi connectivity index (χ0n) is 10.3. The molecular formula is C12H9Cl2NO5. The molecule has 1 heterocycles. The van der Waals surface area contributed by atoms with Crippen LogP contribution in [0.5, 0.6) is 5.75 Å². The molecule has 0 unspecified atom stereocenters. The molecule has 0 spiro atoms. The van der Waals surface area contributed by atoms with Crippen LogP contribution in [0.25, 0.3) is 0 Å². The minimum Gasteiger partial charge on any atom is -0.494 e. The van der Waals surface area contributed by atoms with Crippen molar-refractivity contribution in [1.82, 2.24) is 5.06 Å². The molecule has 1 saturated heterocycles. The van der Waals surface area contributed by atoms with E-state index in [-0.39, 0.29) is 34.2 Å². The lowest BCUT2D eigenvalue weighted by Gasteiger charge is -2.15. The van der Waals surface area contributed by atoms with Gasteiger partial charge in [0, 0.05) is 12.8 Å². The minimum atomic E-state index is -0.988. The maximum atomic E-state index is 12.1. The fraction of sp³-hybridized carbons (Fsp3) is 0.250. The van der Waals surface area contributed by atoms with Crippen molar-refractivity contribution in [3.8, 4) is 5.75 Å². The second-order valence-electron chi connectivity index (χ2n) is 3.90. The van der Waals surface area contributed by atoms with Gasteiger partial charge in [0.2, 0.25) is 0 Å². The molecule has 0 radical (unpaired) electrons. The van der Waals surface area contributed by atoms with E-state index in [1.807, 2.05) is 0 Å². The van der Waals surface area contributed by atoms with Crippen LogP contribution in [0.1, 0.15) is 23.2 Å². The number of carbonyl (C=O) groups excluding carboxylic acids is 3. The van der Waals surface area contributed by atoms with Crippen molar-refractivity contribution in [3.05, 3.63) is 27.7 Å². The number of hydrogen-bond donors (Lipinski definition) is 0. The maximum absolute atomic E-state index is 12.1. The van der Waals surface area contributed by atoms with Gasteiger partial charge in [-0.25, -0.2) is 4.79 Å². The third-order valence-electron chi connectivity index (χ3n) is 2.65. The molecule has 2 rings (SSSR count). The molecule has 0 bridgehead atoms. The lowest BCUT2D eigenvalue weighted by molar-refractivity contribution is -0.172. The van der Waals surface area contributed by atoms with E-state index in [1.54, 1.807) is 0 Å². The highest BCUT2D eigenvalue weighted by atomic mass is 35.5. The number of carbonyl (C=O) groups is 3. The van der Waals surface area contributed by atoms with Crippen LogP contribution >= 0.6 is 23.2 Å². The molecule has 0 N–H and O–H groups in total. The third-order valence-corrected chi connectivity index (χ3v) is 3.26. The Morgan fingerprint density at radius 3 is 2.25 bits per heavy atom. The number of imide groups is 1. The molecule has 0 aromatic heterocycles. The van der Waals surface area contributed by atoms with Crippen molar-refractivity contribution in [2.75, 3.05) is 7.11 Å². The molecule has 8 heteroatoms. The number of hydroxylamine groups is 2. The molecule has 0 saturated carbocycles. The van der Waals surface area contributed by atoms with Crippen LogP contribution in [-0.4, -0.2) is 30.0 Å². The lowest BCUT2D eigenvalue weighted by Crippen LogP contribution is -2.32. The topological polar surface area (TPSA) is 72.9 Å². The molecular weight excluding hydrogens is 309 g/mol. The van der Waals surface area contributed by atoms with Gasteiger partial charge in [-0.05, 0) is 12.1 Å². The van der Waals surface area contributed by atoms with E-state index in [1.165, 1.54) is 19.2 Å². The SMILES string of the molecule is COc1c(Cl)ccc(Cl)c1C(=O)ON1C(=O)CCC1=O. The summed E-state index contributed by atoms with van der Waals surface area (Å²) in [5, 5.41) is 0.622. The maximum Gasteiger partial charge on any atom is 0.369 e. The molecule has 106 valence electrons. The average molecular weight is 318 g/mol. The average Bonchev–Trinajstić information content (AvgIpc) is 2.72. The van der Waals surface area contributed by atoms with Crippen LogP contribution in [0, 0.1) is 0 Å². The first kappa shape index (κ1) is 14.6. The number of nitrogens with zero attached hydrogens (tertiary/aromatic N) is 1. The molecule has 0 atom stereocenters. The number of rotatable bonds is 3. The molecule has 1 aromatic rings. The van der Waals surface area contributed by atoms with Crippen molar-refractivity contribution < 1.29 is 24.0 Å². The molecule has 1 aliphatic rings. The standard InChI is InChI=1S/C12H9Cl2NO5/c1-19-11-7(14)3-2-6(13)10(11)12(18)20-15-8(16)4-5-9(15)17/h2-3H,4-5H2,1H3. The van der Waals surface area contributed by atoms with Gasteiger partial charge in [0.25, 0.3) is 11.8 Å². The number of hydrogen-bond acceptors (Lipinski definition) is 5. The first-order valence-corrected chi connectivity index (χ1v) is 6.31. The highest BCUT2D eigenvalue weighted by Gasteiger charge is 2.34. The van der Waals surface area contributed by atoms with Crippen molar-refractivity contribution in [3.63, 3.8) is 0 Å². The molecule has 0 aliphatic carbocycles. The quantitative estimate of drug-likeness (QED) is 0.799. The second kappa shape index (κ2) is 5.68. The minimum absolute atomic E-state index is 0.00647. The smallest absolute Gasteiger partial charge is 0.369 e. The summed E-state index contributed by atoms with van der Waals surface area (Å²) in [5.74, 6) is -2.14. The monoisotopic (exact) mass is 317 g/mol. The van der Waals surface area contributed by atoms with E-state index in [0.717, 1.165) is 0 Å². The Bertz CT molecular complexity index is 586. The highest BCUT2D eigenvalue weighted by molar-refractivity contribution is 6.37. The van der Waals surface area contributed by atoms with Crippen LogP contribution in [0.2, 0.25) is 10.0 Å². The third kappa shape index (κ3) is 2.57. The van der Waals surface area contributed by atoms with Crippen molar-refractivity contribution in [2.24, 2.45) is 0 Å². The fourth-order valence-corrected chi connectivity index (χ4v) is 2.17. The van der Waals surface area contributed by atoms with Gasteiger partial charge >= 0.3 is 5.97 Å². The molecule has 2 amide bonds. The molecule has 1 aliphatic heterocycles. The van der Waals surface area contributed by atoms with Crippen molar-refractivity contribution in [2.45, 2.75) is 12.8 Å². The van der Waals surface area contributed by atoms with E-state index >= 15 is 0 Å². The summed E-state index contributed by atoms with van der Waals surface area (Å²) >= 11 is 11.8. The summed E-state index contributed by atoms with van der Waals surface area (Å²) in [5.41, 5.74) is -0.144. The normalized spacial score (nSPS) is 14.7. The van der Waals surface area contributed by atoms with Gasteiger partial charge in [0.15, 0.2) is 5.75 Å². The Morgan fingerprint density at radius 2 is 1.70 bits per heavy atom. The van der Waals surface area contributed by atoms with Crippen LogP contribution in [-0.2, 0) is 14.4 Å². The Morgan fingerprint density at radius 1 is 1.15 bits per heavy atom. The summed E-state index contributed by atoms with van der Waals surface area (Å²) in [6.07, 6.45) is 0.0129. The first-order chi connectivity index (χ1) is 9.45. The number of ether oxygens (including phenoxy) is 1.